The number of alkyl carbamates (subject to hydrolysis) is 1. The van der Waals surface area contributed by atoms with Crippen LogP contribution in [0.1, 0.15) is 97.0 Å². The van der Waals surface area contributed by atoms with E-state index in [1.54, 1.807) is 6.92 Å². The van der Waals surface area contributed by atoms with Crippen LogP contribution in [0.4, 0.5) is 4.79 Å². The van der Waals surface area contributed by atoms with Crippen LogP contribution in [0.2, 0.25) is 0 Å². The SMILES string of the molecule is C=C(C)C(=O)OCCOC(=O)NC(C)NCC(CCCCCCCCCCCC)Cc1ccccc1. The van der Waals surface area contributed by atoms with Crippen LogP contribution in [0, 0.1) is 5.92 Å². The number of nitrogens with one attached hydrogen (secondary N) is 2. The maximum absolute atomic E-state index is 12.0. The monoisotopic (exact) mass is 502 g/mol. The minimum absolute atomic E-state index is 0.00689. The molecule has 0 spiro atoms. The number of carbonyl (C=O) groups excluding carboxylic acids is 2. The minimum Gasteiger partial charge on any atom is -0.459 e. The highest BCUT2D eigenvalue weighted by Crippen LogP contribution is 2.17. The first-order chi connectivity index (χ1) is 17.4. The van der Waals surface area contributed by atoms with E-state index in [4.69, 9.17) is 9.47 Å². The molecule has 1 aromatic carbocycles. The Morgan fingerprint density at radius 2 is 1.47 bits per heavy atom. The van der Waals surface area contributed by atoms with Crippen LogP contribution in [0.25, 0.3) is 0 Å². The standard InChI is InChI=1S/C30H50N2O4/c1-5-6-7-8-9-10-11-12-13-15-20-28(23-27-18-16-14-17-19-27)24-31-26(4)32-30(34)36-22-21-35-29(33)25(2)3/h14,16-19,26,28,31H,2,5-13,15,20-24H2,1,3-4H3,(H,32,34). The number of carbonyl (C=O) groups is 2. The summed E-state index contributed by atoms with van der Waals surface area (Å²) in [5, 5.41) is 6.22. The van der Waals surface area contributed by atoms with Crippen molar-refractivity contribution in [3.05, 3.63) is 48.0 Å². The predicted molar refractivity (Wildman–Crippen MR) is 148 cm³/mol. The Hall–Kier alpha value is -2.34. The molecule has 0 aromatic heterocycles. The lowest BCUT2D eigenvalue weighted by atomic mass is 9.93. The average molecular weight is 503 g/mol. The van der Waals surface area contributed by atoms with Crippen LogP contribution in [-0.2, 0) is 20.7 Å². The van der Waals surface area contributed by atoms with E-state index >= 15 is 0 Å². The summed E-state index contributed by atoms with van der Waals surface area (Å²) in [7, 11) is 0. The van der Waals surface area contributed by atoms with Crippen LogP contribution < -0.4 is 10.6 Å². The van der Waals surface area contributed by atoms with Crippen molar-refractivity contribution in [2.45, 2.75) is 104 Å². The number of hydrogen-bond acceptors (Lipinski definition) is 5. The van der Waals surface area contributed by atoms with Gasteiger partial charge in [0.2, 0.25) is 0 Å². The molecule has 2 atom stereocenters. The maximum Gasteiger partial charge on any atom is 0.408 e. The summed E-state index contributed by atoms with van der Waals surface area (Å²) in [5.41, 5.74) is 1.67. The van der Waals surface area contributed by atoms with E-state index in [1.807, 2.05) is 6.92 Å². The summed E-state index contributed by atoms with van der Waals surface area (Å²) in [6.07, 6.45) is 14.9. The minimum atomic E-state index is -0.532. The third-order valence-electron chi connectivity index (χ3n) is 6.28. The van der Waals surface area contributed by atoms with Crippen molar-refractivity contribution in [2.24, 2.45) is 5.92 Å². The second kappa shape index (κ2) is 20.8. The molecule has 204 valence electrons. The van der Waals surface area contributed by atoms with E-state index in [0.717, 1.165) is 13.0 Å². The first-order valence-electron chi connectivity index (χ1n) is 14.0. The molecule has 1 rings (SSSR count). The number of amides is 1. The molecule has 1 aromatic rings. The molecule has 0 aliphatic rings. The fourth-order valence-electron chi connectivity index (χ4n) is 4.15. The fraction of sp³-hybridized carbons (Fsp3) is 0.667. The first-order valence-corrected chi connectivity index (χ1v) is 14.0. The number of unbranched alkanes of at least 4 members (excludes halogenated alkanes) is 9. The van der Waals surface area contributed by atoms with E-state index in [0.29, 0.717) is 11.5 Å². The molecule has 0 heterocycles. The number of hydrogen-bond donors (Lipinski definition) is 2. The highest BCUT2D eigenvalue weighted by molar-refractivity contribution is 5.86. The Kier molecular flexibility index (Phi) is 18.3. The van der Waals surface area contributed by atoms with Crippen molar-refractivity contribution >= 4 is 12.1 Å². The van der Waals surface area contributed by atoms with Crippen molar-refractivity contribution in [3.63, 3.8) is 0 Å². The molecular weight excluding hydrogens is 452 g/mol. The van der Waals surface area contributed by atoms with Crippen LogP contribution in [0.15, 0.2) is 42.5 Å². The molecule has 0 fully saturated rings. The molecular formula is C30H50N2O4. The van der Waals surface area contributed by atoms with Gasteiger partial charge in [0.15, 0.2) is 0 Å². The van der Waals surface area contributed by atoms with Crippen LogP contribution >= 0.6 is 0 Å². The molecule has 0 aliphatic carbocycles. The second-order valence-electron chi connectivity index (χ2n) is 9.85. The molecule has 6 heteroatoms. The summed E-state index contributed by atoms with van der Waals surface area (Å²) >= 11 is 0. The Morgan fingerprint density at radius 1 is 0.889 bits per heavy atom. The molecule has 0 saturated heterocycles. The van der Waals surface area contributed by atoms with Gasteiger partial charge in [-0.1, -0.05) is 108 Å². The average Bonchev–Trinajstić information content (AvgIpc) is 2.86. The second-order valence-corrected chi connectivity index (χ2v) is 9.85. The molecule has 0 bridgehead atoms. The van der Waals surface area contributed by atoms with Crippen LogP contribution in [0.5, 0.6) is 0 Å². The summed E-state index contributed by atoms with van der Waals surface area (Å²) < 4.78 is 10.0. The van der Waals surface area contributed by atoms with Crippen molar-refractivity contribution in [1.29, 1.82) is 0 Å². The number of esters is 1. The first kappa shape index (κ1) is 31.7. The van der Waals surface area contributed by atoms with Gasteiger partial charge in [-0.25, -0.2) is 9.59 Å². The third kappa shape index (κ3) is 17.1. The lowest BCUT2D eigenvalue weighted by Gasteiger charge is -2.22. The largest absolute Gasteiger partial charge is 0.459 e. The van der Waals surface area contributed by atoms with Crippen molar-refractivity contribution in [3.8, 4) is 0 Å². The lowest BCUT2D eigenvalue weighted by Crippen LogP contribution is -2.45. The van der Waals surface area contributed by atoms with E-state index < -0.39 is 12.1 Å². The fourth-order valence-corrected chi connectivity index (χ4v) is 4.15. The summed E-state index contributed by atoms with van der Waals surface area (Å²) in [6, 6.07) is 10.6. The summed E-state index contributed by atoms with van der Waals surface area (Å²) in [5.74, 6) is 0.0178. The van der Waals surface area contributed by atoms with Gasteiger partial charge >= 0.3 is 12.1 Å². The van der Waals surface area contributed by atoms with Crippen molar-refractivity contribution in [2.75, 3.05) is 19.8 Å². The molecule has 2 N–H and O–H groups in total. The normalized spacial score (nSPS) is 12.5. The zero-order valence-corrected chi connectivity index (χ0v) is 23.0. The topological polar surface area (TPSA) is 76.7 Å². The zero-order chi connectivity index (χ0) is 26.4. The summed E-state index contributed by atoms with van der Waals surface area (Å²) in [4.78, 5) is 23.3. The molecule has 0 aliphatic heterocycles. The predicted octanol–water partition coefficient (Wildman–Crippen LogP) is 6.94. The van der Waals surface area contributed by atoms with E-state index in [1.165, 1.54) is 76.2 Å². The van der Waals surface area contributed by atoms with Gasteiger partial charge in [0.25, 0.3) is 0 Å². The van der Waals surface area contributed by atoms with Gasteiger partial charge in [0, 0.05) is 12.1 Å². The Morgan fingerprint density at radius 3 is 2.08 bits per heavy atom. The van der Waals surface area contributed by atoms with Gasteiger partial charge in [0.1, 0.15) is 13.2 Å². The number of rotatable bonds is 21. The Bertz CT molecular complexity index is 723. The van der Waals surface area contributed by atoms with E-state index in [9.17, 15) is 9.59 Å². The highest BCUT2D eigenvalue weighted by atomic mass is 16.6. The Labute approximate surface area is 219 Å². The molecule has 6 nitrogen and oxygen atoms in total. The molecule has 0 saturated carbocycles. The number of benzene rings is 1. The Balaban J connectivity index is 2.30. The quantitative estimate of drug-likeness (QED) is 0.0824. The molecule has 36 heavy (non-hydrogen) atoms. The van der Waals surface area contributed by atoms with Gasteiger partial charge in [-0.2, -0.15) is 0 Å². The molecule has 0 radical (unpaired) electrons. The van der Waals surface area contributed by atoms with E-state index in [2.05, 4.69) is 54.5 Å². The molecule has 1 amide bonds. The lowest BCUT2D eigenvalue weighted by molar-refractivity contribution is -0.139. The van der Waals surface area contributed by atoms with Crippen molar-refractivity contribution < 1.29 is 19.1 Å². The molecule has 2 unspecified atom stereocenters. The van der Waals surface area contributed by atoms with Gasteiger partial charge in [-0.05, 0) is 38.2 Å². The van der Waals surface area contributed by atoms with E-state index in [-0.39, 0.29) is 19.4 Å². The third-order valence-corrected chi connectivity index (χ3v) is 6.28. The van der Waals surface area contributed by atoms with Gasteiger partial charge < -0.3 is 14.8 Å². The van der Waals surface area contributed by atoms with Gasteiger partial charge in [-0.15, -0.1) is 0 Å². The maximum atomic E-state index is 12.0. The van der Waals surface area contributed by atoms with Crippen molar-refractivity contribution in [1.82, 2.24) is 10.6 Å². The zero-order valence-electron chi connectivity index (χ0n) is 23.0. The van der Waals surface area contributed by atoms with Crippen LogP contribution in [-0.4, -0.2) is 38.0 Å². The summed E-state index contributed by atoms with van der Waals surface area (Å²) in [6.45, 7) is 10.1. The number of ether oxygens (including phenoxy) is 2. The van der Waals surface area contributed by atoms with Gasteiger partial charge in [0.05, 0.1) is 6.17 Å². The highest BCUT2D eigenvalue weighted by Gasteiger charge is 2.14. The van der Waals surface area contributed by atoms with Crippen LogP contribution in [0.3, 0.4) is 0 Å². The smallest absolute Gasteiger partial charge is 0.408 e. The van der Waals surface area contributed by atoms with Gasteiger partial charge in [-0.3, -0.25) is 5.32 Å².